The molecule has 0 radical (unpaired) electrons. The van der Waals surface area contributed by atoms with Crippen LogP contribution in [0.2, 0.25) is 10.0 Å². The van der Waals surface area contributed by atoms with Gasteiger partial charge in [0.05, 0.1) is 35.0 Å². The Morgan fingerprint density at radius 2 is 1.50 bits per heavy atom. The first kappa shape index (κ1) is 32.3. The normalized spacial score (nSPS) is 17.7. The Morgan fingerprint density at radius 3 is 2.17 bits per heavy atom. The molecule has 11 heteroatoms. The summed E-state index contributed by atoms with van der Waals surface area (Å²) in [5, 5.41) is 0.590. The topological polar surface area (TPSA) is 82.6 Å². The lowest BCUT2D eigenvalue weighted by Gasteiger charge is -2.37. The van der Waals surface area contributed by atoms with Crippen molar-refractivity contribution in [2.45, 2.75) is 25.3 Å². The Balaban J connectivity index is 1.20. The molecular weight excluding hydrogens is 627 g/mol. The molecule has 242 valence electrons. The predicted molar refractivity (Wildman–Crippen MR) is 179 cm³/mol. The highest BCUT2D eigenvalue weighted by Gasteiger charge is 2.32. The fourth-order valence-electron chi connectivity index (χ4n) is 6.25. The van der Waals surface area contributed by atoms with Crippen LogP contribution in [0.1, 0.15) is 41.2 Å². The van der Waals surface area contributed by atoms with Crippen molar-refractivity contribution < 1.29 is 23.9 Å². The van der Waals surface area contributed by atoms with Crippen LogP contribution in [-0.4, -0.2) is 98.6 Å². The Hall–Kier alpha value is -3.63. The van der Waals surface area contributed by atoms with Crippen LogP contribution in [-0.2, 0) is 14.3 Å². The van der Waals surface area contributed by atoms with E-state index in [9.17, 15) is 14.4 Å². The van der Waals surface area contributed by atoms with Crippen LogP contribution < -0.4 is 9.64 Å². The molecule has 3 aliphatic heterocycles. The van der Waals surface area contributed by atoms with Crippen LogP contribution >= 0.6 is 23.2 Å². The fraction of sp³-hybridized carbons (Fsp3) is 0.400. The molecule has 3 amide bonds. The molecule has 3 aliphatic rings. The lowest BCUT2D eigenvalue weighted by Crippen LogP contribution is -2.48. The van der Waals surface area contributed by atoms with E-state index < -0.39 is 0 Å². The minimum atomic E-state index is -0.328. The molecule has 0 aliphatic carbocycles. The number of ether oxygens (including phenoxy) is 2. The quantitative estimate of drug-likeness (QED) is 0.314. The monoisotopic (exact) mass is 664 g/mol. The highest BCUT2D eigenvalue weighted by atomic mass is 35.5. The van der Waals surface area contributed by atoms with Gasteiger partial charge >= 0.3 is 0 Å². The molecule has 1 atom stereocenters. The van der Waals surface area contributed by atoms with Gasteiger partial charge in [-0.05, 0) is 54.2 Å². The van der Waals surface area contributed by atoms with Crippen molar-refractivity contribution in [3.63, 3.8) is 0 Å². The standard InChI is InChI=1S/C35H38Cl2N4O5/c1-38(33(42)22-41-30-19-28(36)29(37)20-32(30)46-23-34(41)43)31(21-39-15-17-45-18-16-39)26-9-5-24(6-10-26)25-7-11-27(12-8-25)35(44)40-13-3-2-4-14-40/h5-12,19-20,31H,2-4,13-18,21-23H2,1H3. The lowest BCUT2D eigenvalue weighted by atomic mass is 9.98. The number of hydrogen-bond acceptors (Lipinski definition) is 6. The van der Waals surface area contributed by atoms with E-state index in [1.807, 2.05) is 41.3 Å². The van der Waals surface area contributed by atoms with E-state index in [4.69, 9.17) is 32.7 Å². The summed E-state index contributed by atoms with van der Waals surface area (Å²) in [4.78, 5) is 47.0. The largest absolute Gasteiger partial charge is 0.482 e. The first-order valence-corrected chi connectivity index (χ1v) is 16.5. The van der Waals surface area contributed by atoms with Gasteiger partial charge in [-0.3, -0.25) is 24.2 Å². The SMILES string of the molecule is CN(C(=O)CN1C(=O)COc2cc(Cl)c(Cl)cc21)C(CN1CCOCC1)c1ccc(-c2ccc(C(=O)N3CCCCC3)cc2)cc1. The van der Waals surface area contributed by atoms with Crippen molar-refractivity contribution in [2.24, 2.45) is 0 Å². The number of piperidine rings is 1. The minimum absolute atomic E-state index is 0.0921. The second-order valence-corrected chi connectivity index (χ2v) is 12.8. The fourth-order valence-corrected chi connectivity index (χ4v) is 6.56. The van der Waals surface area contributed by atoms with Crippen LogP contribution in [0.15, 0.2) is 60.7 Å². The van der Waals surface area contributed by atoms with E-state index in [1.54, 1.807) is 24.1 Å². The molecule has 0 spiro atoms. The highest BCUT2D eigenvalue weighted by molar-refractivity contribution is 6.42. The van der Waals surface area contributed by atoms with Crippen LogP contribution in [0.5, 0.6) is 5.75 Å². The maximum atomic E-state index is 13.8. The molecule has 1 unspecified atom stereocenters. The molecule has 2 fully saturated rings. The van der Waals surface area contributed by atoms with Crippen LogP contribution in [0, 0.1) is 0 Å². The average Bonchev–Trinajstić information content (AvgIpc) is 3.09. The molecule has 0 saturated carbocycles. The number of benzene rings is 3. The Bertz CT molecular complexity index is 1570. The summed E-state index contributed by atoms with van der Waals surface area (Å²) in [6.45, 7) is 4.74. The van der Waals surface area contributed by atoms with Crippen LogP contribution in [0.25, 0.3) is 11.1 Å². The van der Waals surface area contributed by atoms with Crippen molar-refractivity contribution >= 4 is 46.6 Å². The maximum Gasteiger partial charge on any atom is 0.265 e. The van der Waals surface area contributed by atoms with Crippen LogP contribution in [0.4, 0.5) is 5.69 Å². The van der Waals surface area contributed by atoms with Gasteiger partial charge in [0.1, 0.15) is 12.3 Å². The molecule has 0 aromatic heterocycles. The number of fused-ring (bicyclic) bond motifs is 1. The molecule has 6 rings (SSSR count). The van der Waals surface area contributed by atoms with Gasteiger partial charge in [0.2, 0.25) is 5.91 Å². The van der Waals surface area contributed by atoms with Gasteiger partial charge in [0, 0.05) is 51.4 Å². The van der Waals surface area contributed by atoms with Gasteiger partial charge in [-0.25, -0.2) is 0 Å². The average molecular weight is 666 g/mol. The van der Waals surface area contributed by atoms with E-state index >= 15 is 0 Å². The Morgan fingerprint density at radius 1 is 0.870 bits per heavy atom. The number of likely N-dealkylation sites (tertiary alicyclic amines) is 1. The van der Waals surface area contributed by atoms with Crippen molar-refractivity contribution in [1.29, 1.82) is 0 Å². The van der Waals surface area contributed by atoms with Crippen molar-refractivity contribution in [2.75, 3.05) is 71.0 Å². The van der Waals surface area contributed by atoms with E-state index in [-0.39, 0.29) is 41.9 Å². The molecular formula is C35H38Cl2N4O5. The van der Waals surface area contributed by atoms with Gasteiger partial charge in [0.25, 0.3) is 11.8 Å². The Kier molecular flexibility index (Phi) is 10.1. The number of morpholine rings is 1. The predicted octanol–water partition coefficient (Wildman–Crippen LogP) is 5.54. The minimum Gasteiger partial charge on any atom is -0.482 e. The summed E-state index contributed by atoms with van der Waals surface area (Å²) >= 11 is 12.4. The third-order valence-electron chi connectivity index (χ3n) is 9.04. The van der Waals surface area contributed by atoms with Gasteiger partial charge < -0.3 is 19.3 Å². The van der Waals surface area contributed by atoms with Crippen LogP contribution in [0.3, 0.4) is 0 Å². The number of nitrogens with zero attached hydrogens (tertiary/aromatic N) is 4. The number of rotatable bonds is 8. The first-order chi connectivity index (χ1) is 22.3. The van der Waals surface area contributed by atoms with E-state index in [2.05, 4.69) is 17.0 Å². The summed E-state index contributed by atoms with van der Waals surface area (Å²) in [5.74, 6) is -0.0443. The van der Waals surface area contributed by atoms with E-state index in [0.717, 1.165) is 55.7 Å². The van der Waals surface area contributed by atoms with Gasteiger partial charge in [-0.1, -0.05) is 59.6 Å². The number of carbonyl (C=O) groups is 3. The van der Waals surface area contributed by atoms with E-state index in [0.29, 0.717) is 41.8 Å². The number of carbonyl (C=O) groups excluding carboxylic acids is 3. The first-order valence-electron chi connectivity index (χ1n) is 15.8. The zero-order valence-electron chi connectivity index (χ0n) is 25.9. The summed E-state index contributed by atoms with van der Waals surface area (Å²) in [5.41, 5.74) is 4.14. The molecule has 3 aromatic rings. The number of amides is 3. The van der Waals surface area contributed by atoms with Crippen molar-refractivity contribution in [1.82, 2.24) is 14.7 Å². The third kappa shape index (κ3) is 7.18. The molecule has 0 bridgehead atoms. The molecule has 3 heterocycles. The second kappa shape index (κ2) is 14.4. The zero-order chi connectivity index (χ0) is 32.2. The summed E-state index contributed by atoms with van der Waals surface area (Å²) < 4.78 is 11.1. The summed E-state index contributed by atoms with van der Waals surface area (Å²) in [6.07, 6.45) is 3.31. The highest BCUT2D eigenvalue weighted by Crippen LogP contribution is 2.39. The second-order valence-electron chi connectivity index (χ2n) is 12.0. The summed E-state index contributed by atoms with van der Waals surface area (Å²) in [7, 11) is 1.78. The van der Waals surface area contributed by atoms with Crippen molar-refractivity contribution in [3.05, 3.63) is 81.8 Å². The smallest absolute Gasteiger partial charge is 0.265 e. The summed E-state index contributed by atoms with van der Waals surface area (Å²) in [6, 6.07) is 18.8. The van der Waals surface area contributed by atoms with Crippen molar-refractivity contribution in [3.8, 4) is 16.9 Å². The molecule has 3 aromatic carbocycles. The number of likely N-dealkylation sites (N-methyl/N-ethyl adjacent to an activating group) is 1. The van der Waals surface area contributed by atoms with Gasteiger partial charge in [0.15, 0.2) is 6.61 Å². The van der Waals surface area contributed by atoms with E-state index in [1.165, 1.54) is 11.3 Å². The molecule has 0 N–H and O–H groups in total. The number of hydrogen-bond donors (Lipinski definition) is 0. The Labute approximate surface area is 279 Å². The molecule has 9 nitrogen and oxygen atoms in total. The van der Waals surface area contributed by atoms with Gasteiger partial charge in [-0.15, -0.1) is 0 Å². The number of halogens is 2. The number of anilines is 1. The lowest BCUT2D eigenvalue weighted by molar-refractivity contribution is -0.133. The maximum absolute atomic E-state index is 13.8. The molecule has 46 heavy (non-hydrogen) atoms. The van der Waals surface area contributed by atoms with Gasteiger partial charge in [-0.2, -0.15) is 0 Å². The zero-order valence-corrected chi connectivity index (χ0v) is 27.4. The molecule has 2 saturated heterocycles. The third-order valence-corrected chi connectivity index (χ3v) is 9.76.